The molecule has 0 saturated carbocycles. The van der Waals surface area contributed by atoms with Crippen molar-refractivity contribution in [1.29, 1.82) is 0 Å². The van der Waals surface area contributed by atoms with Crippen LogP contribution in [0.15, 0.2) is 24.3 Å². The highest BCUT2D eigenvalue weighted by Crippen LogP contribution is 2.21. The number of aliphatic hydroxyl groups excluding tert-OH is 1. The molecule has 1 fully saturated rings. The Bertz CT molecular complexity index is 399. The molecule has 5 heteroatoms. The van der Waals surface area contributed by atoms with Crippen molar-refractivity contribution >= 4 is 23.4 Å². The molecule has 1 saturated heterocycles. The Labute approximate surface area is 130 Å². The van der Waals surface area contributed by atoms with Gasteiger partial charge in [0.15, 0.2) is 0 Å². The normalized spacial score (nSPS) is 17.9. The number of hydrogen-bond acceptors (Lipinski definition) is 4. The van der Waals surface area contributed by atoms with E-state index in [1.807, 2.05) is 23.9 Å². The van der Waals surface area contributed by atoms with Gasteiger partial charge in [-0.15, -0.1) is 0 Å². The Morgan fingerprint density at radius 1 is 1.40 bits per heavy atom. The topological polar surface area (TPSA) is 41.5 Å². The number of halogens is 1. The maximum Gasteiger partial charge on any atom is 0.120 e. The zero-order chi connectivity index (χ0) is 14.2. The minimum atomic E-state index is -0.494. The van der Waals surface area contributed by atoms with Gasteiger partial charge >= 0.3 is 0 Å². The molecule has 2 N–H and O–H groups in total. The van der Waals surface area contributed by atoms with E-state index in [1.165, 1.54) is 24.3 Å². The predicted octanol–water partition coefficient (Wildman–Crippen LogP) is 2.81. The van der Waals surface area contributed by atoms with Crippen LogP contribution in [0.3, 0.4) is 0 Å². The molecule has 1 aliphatic heterocycles. The van der Waals surface area contributed by atoms with Crippen molar-refractivity contribution in [3.05, 3.63) is 29.3 Å². The second-order valence-electron chi connectivity index (χ2n) is 5.14. The lowest BCUT2D eigenvalue weighted by Crippen LogP contribution is -2.35. The molecular formula is C15H22ClNO2S. The number of nitrogens with one attached hydrogen (secondary N) is 1. The van der Waals surface area contributed by atoms with Crippen molar-refractivity contribution in [3.63, 3.8) is 0 Å². The monoisotopic (exact) mass is 315 g/mol. The Hall–Kier alpha value is -0.420. The van der Waals surface area contributed by atoms with E-state index in [4.69, 9.17) is 16.3 Å². The molecule has 1 atom stereocenters. The van der Waals surface area contributed by atoms with Gasteiger partial charge in [-0.3, -0.25) is 0 Å². The highest BCUT2D eigenvalue weighted by atomic mass is 35.5. The number of aliphatic hydroxyl groups is 1. The van der Waals surface area contributed by atoms with Gasteiger partial charge in [0.05, 0.1) is 0 Å². The summed E-state index contributed by atoms with van der Waals surface area (Å²) in [6.07, 6.45) is 2.08. The number of hydrogen-bond donors (Lipinski definition) is 2. The van der Waals surface area contributed by atoms with Crippen LogP contribution in [0.4, 0.5) is 0 Å². The molecule has 0 aliphatic carbocycles. The van der Waals surface area contributed by atoms with Gasteiger partial charge in [0.2, 0.25) is 0 Å². The third kappa shape index (κ3) is 5.92. The van der Waals surface area contributed by atoms with Crippen LogP contribution in [0.1, 0.15) is 12.8 Å². The van der Waals surface area contributed by atoms with Gasteiger partial charge in [-0.25, -0.2) is 0 Å². The van der Waals surface area contributed by atoms with Gasteiger partial charge in [0.1, 0.15) is 18.5 Å². The average molecular weight is 316 g/mol. The molecule has 1 aliphatic rings. The first-order chi connectivity index (χ1) is 9.74. The summed E-state index contributed by atoms with van der Waals surface area (Å²) in [4.78, 5) is 0. The molecule has 1 heterocycles. The van der Waals surface area contributed by atoms with Crippen molar-refractivity contribution in [3.8, 4) is 5.75 Å². The molecule has 112 valence electrons. The van der Waals surface area contributed by atoms with Crippen LogP contribution < -0.4 is 10.1 Å². The van der Waals surface area contributed by atoms with Gasteiger partial charge in [0.25, 0.3) is 0 Å². The van der Waals surface area contributed by atoms with Gasteiger partial charge in [0, 0.05) is 11.6 Å². The van der Waals surface area contributed by atoms with Crippen LogP contribution in [-0.4, -0.2) is 42.4 Å². The maximum atomic E-state index is 9.88. The summed E-state index contributed by atoms with van der Waals surface area (Å²) in [5, 5.41) is 13.9. The number of rotatable bonds is 7. The molecule has 1 aromatic carbocycles. The summed E-state index contributed by atoms with van der Waals surface area (Å²) >= 11 is 7.91. The van der Waals surface area contributed by atoms with Crippen LogP contribution in [0, 0.1) is 5.92 Å². The van der Waals surface area contributed by atoms with E-state index in [0.29, 0.717) is 17.3 Å². The average Bonchev–Trinajstić information content (AvgIpc) is 2.46. The van der Waals surface area contributed by atoms with Crippen LogP contribution in [0.2, 0.25) is 5.02 Å². The molecule has 0 spiro atoms. The summed E-state index contributed by atoms with van der Waals surface area (Å²) in [5.74, 6) is 4.00. The second-order valence-corrected chi connectivity index (χ2v) is 6.80. The van der Waals surface area contributed by atoms with E-state index in [-0.39, 0.29) is 6.61 Å². The SMILES string of the molecule is OC(CNCC1CCSCC1)COc1cccc(Cl)c1. The molecule has 3 nitrogen and oxygen atoms in total. The zero-order valence-corrected chi connectivity index (χ0v) is 13.1. The van der Waals surface area contributed by atoms with E-state index >= 15 is 0 Å². The van der Waals surface area contributed by atoms with E-state index < -0.39 is 6.10 Å². The quantitative estimate of drug-likeness (QED) is 0.812. The standard InChI is InChI=1S/C15H22ClNO2S/c16-13-2-1-3-15(8-13)19-11-14(18)10-17-9-12-4-6-20-7-5-12/h1-3,8,12,14,17-18H,4-7,9-11H2. The van der Waals surface area contributed by atoms with Gasteiger partial charge < -0.3 is 15.2 Å². The van der Waals surface area contributed by atoms with Crippen molar-refractivity contribution in [1.82, 2.24) is 5.32 Å². The van der Waals surface area contributed by atoms with E-state index in [0.717, 1.165) is 12.5 Å². The van der Waals surface area contributed by atoms with Crippen LogP contribution >= 0.6 is 23.4 Å². The van der Waals surface area contributed by atoms with Crippen molar-refractivity contribution in [2.45, 2.75) is 18.9 Å². The Balaban J connectivity index is 1.59. The first kappa shape index (κ1) is 16.0. The van der Waals surface area contributed by atoms with Crippen LogP contribution in [0.25, 0.3) is 0 Å². The van der Waals surface area contributed by atoms with E-state index in [9.17, 15) is 5.11 Å². The summed E-state index contributed by atoms with van der Waals surface area (Å²) in [7, 11) is 0. The lowest BCUT2D eigenvalue weighted by Gasteiger charge is -2.22. The van der Waals surface area contributed by atoms with E-state index in [2.05, 4.69) is 5.32 Å². The zero-order valence-electron chi connectivity index (χ0n) is 11.6. The van der Waals surface area contributed by atoms with Gasteiger partial charge in [-0.05, 0) is 55.0 Å². The van der Waals surface area contributed by atoms with Crippen molar-refractivity contribution in [2.75, 3.05) is 31.2 Å². The minimum Gasteiger partial charge on any atom is -0.491 e. The van der Waals surface area contributed by atoms with Crippen LogP contribution in [-0.2, 0) is 0 Å². The maximum absolute atomic E-state index is 9.88. The summed E-state index contributed by atoms with van der Waals surface area (Å²) < 4.78 is 5.51. The summed E-state index contributed by atoms with van der Waals surface area (Å²) in [5.41, 5.74) is 0. The predicted molar refractivity (Wildman–Crippen MR) is 85.9 cm³/mol. The number of benzene rings is 1. The molecule has 0 aromatic heterocycles. The fraction of sp³-hybridized carbons (Fsp3) is 0.600. The van der Waals surface area contributed by atoms with Crippen LogP contribution in [0.5, 0.6) is 5.75 Å². The molecular weight excluding hydrogens is 294 g/mol. The molecule has 0 radical (unpaired) electrons. The minimum absolute atomic E-state index is 0.286. The molecule has 1 aromatic rings. The van der Waals surface area contributed by atoms with Gasteiger partial charge in [-0.1, -0.05) is 17.7 Å². The highest BCUT2D eigenvalue weighted by Gasteiger charge is 2.14. The highest BCUT2D eigenvalue weighted by molar-refractivity contribution is 7.99. The van der Waals surface area contributed by atoms with Crippen molar-refractivity contribution < 1.29 is 9.84 Å². The fourth-order valence-corrected chi connectivity index (χ4v) is 3.60. The fourth-order valence-electron chi connectivity index (χ4n) is 2.21. The first-order valence-corrected chi connectivity index (χ1v) is 8.62. The number of thioether (sulfide) groups is 1. The Morgan fingerprint density at radius 3 is 2.95 bits per heavy atom. The molecule has 1 unspecified atom stereocenters. The third-order valence-corrected chi connectivity index (χ3v) is 4.68. The smallest absolute Gasteiger partial charge is 0.120 e. The first-order valence-electron chi connectivity index (χ1n) is 7.09. The third-order valence-electron chi connectivity index (χ3n) is 3.39. The molecule has 20 heavy (non-hydrogen) atoms. The molecule has 2 rings (SSSR count). The van der Waals surface area contributed by atoms with Crippen molar-refractivity contribution in [2.24, 2.45) is 5.92 Å². The molecule has 0 bridgehead atoms. The lowest BCUT2D eigenvalue weighted by atomic mass is 10.0. The molecule has 0 amide bonds. The largest absolute Gasteiger partial charge is 0.491 e. The number of ether oxygens (including phenoxy) is 1. The second kappa shape index (κ2) is 8.78. The summed E-state index contributed by atoms with van der Waals surface area (Å²) in [6, 6.07) is 7.23. The Morgan fingerprint density at radius 2 is 2.20 bits per heavy atom. The van der Waals surface area contributed by atoms with E-state index in [1.54, 1.807) is 12.1 Å². The Kier molecular flexibility index (Phi) is 7.00. The summed E-state index contributed by atoms with van der Waals surface area (Å²) in [6.45, 7) is 1.85. The van der Waals surface area contributed by atoms with Gasteiger partial charge in [-0.2, -0.15) is 11.8 Å². The lowest BCUT2D eigenvalue weighted by molar-refractivity contribution is 0.105.